The highest BCUT2D eigenvalue weighted by molar-refractivity contribution is 5.91. The Hall–Kier alpha value is -3.32. The van der Waals surface area contributed by atoms with Gasteiger partial charge in [-0.2, -0.15) is 0 Å². The predicted octanol–water partition coefficient (Wildman–Crippen LogP) is 7.43. The third kappa shape index (κ3) is 2.77. The van der Waals surface area contributed by atoms with Gasteiger partial charge in [-0.1, -0.05) is 92.7 Å². The molecule has 0 radical (unpaired) electrons. The van der Waals surface area contributed by atoms with Crippen molar-refractivity contribution in [2.75, 3.05) is 11.9 Å². The smallest absolute Gasteiger partial charge is 0.0491 e. The summed E-state index contributed by atoms with van der Waals surface area (Å²) >= 11 is 0. The highest BCUT2D eigenvalue weighted by Gasteiger charge is 2.36. The lowest BCUT2D eigenvalue weighted by molar-refractivity contribution is 0.660. The molecule has 4 aromatic carbocycles. The van der Waals surface area contributed by atoms with Gasteiger partial charge in [0.05, 0.1) is 0 Å². The van der Waals surface area contributed by atoms with Crippen LogP contribution in [0.5, 0.6) is 0 Å². The summed E-state index contributed by atoms with van der Waals surface area (Å²) in [5, 5.41) is 0. The lowest BCUT2D eigenvalue weighted by atomic mass is 9.82. The number of anilines is 2. The van der Waals surface area contributed by atoms with E-state index in [-0.39, 0.29) is 5.41 Å². The third-order valence-corrected chi connectivity index (χ3v) is 6.31. The highest BCUT2D eigenvalue weighted by atomic mass is 15.1. The maximum Gasteiger partial charge on any atom is 0.0491 e. The first-order chi connectivity index (χ1) is 14.1. The van der Waals surface area contributed by atoms with Crippen molar-refractivity contribution in [2.45, 2.75) is 19.3 Å². The van der Waals surface area contributed by atoms with Gasteiger partial charge < -0.3 is 4.90 Å². The number of nitrogens with zero attached hydrogens (tertiary/aromatic N) is 1. The van der Waals surface area contributed by atoms with E-state index in [2.05, 4.69) is 123 Å². The second kappa shape index (κ2) is 6.63. The quantitative estimate of drug-likeness (QED) is 0.360. The average molecular weight is 376 g/mol. The number of hydrogen-bond donors (Lipinski definition) is 0. The van der Waals surface area contributed by atoms with Crippen LogP contribution in [0.1, 0.15) is 25.0 Å². The van der Waals surface area contributed by atoms with Gasteiger partial charge in [-0.25, -0.2) is 0 Å². The van der Waals surface area contributed by atoms with E-state index in [1.807, 2.05) is 0 Å². The molecule has 0 N–H and O–H groups in total. The Morgan fingerprint density at radius 2 is 1.21 bits per heavy atom. The van der Waals surface area contributed by atoms with Crippen LogP contribution in [0.3, 0.4) is 0 Å². The molecule has 0 unspecified atom stereocenters. The van der Waals surface area contributed by atoms with Crippen molar-refractivity contribution in [3.8, 4) is 22.3 Å². The van der Waals surface area contributed by atoms with E-state index in [9.17, 15) is 0 Å². The number of rotatable bonds is 3. The summed E-state index contributed by atoms with van der Waals surface area (Å²) in [5.41, 5.74) is 10.5. The van der Waals surface area contributed by atoms with Crippen LogP contribution in [0.2, 0.25) is 0 Å². The highest BCUT2D eigenvalue weighted by Crippen LogP contribution is 2.52. The molecule has 0 aromatic heterocycles. The van der Waals surface area contributed by atoms with Gasteiger partial charge in [0.25, 0.3) is 0 Å². The first-order valence-corrected chi connectivity index (χ1v) is 10.2. The molecule has 0 atom stereocenters. The first kappa shape index (κ1) is 17.8. The van der Waals surface area contributed by atoms with Gasteiger partial charge in [-0.15, -0.1) is 0 Å². The topological polar surface area (TPSA) is 3.24 Å². The monoisotopic (exact) mass is 375 g/mol. The van der Waals surface area contributed by atoms with Gasteiger partial charge in [-0.3, -0.25) is 0 Å². The van der Waals surface area contributed by atoms with Gasteiger partial charge >= 0.3 is 0 Å². The van der Waals surface area contributed by atoms with Gasteiger partial charge in [-0.05, 0) is 46.0 Å². The van der Waals surface area contributed by atoms with Gasteiger partial charge in [0.1, 0.15) is 0 Å². The van der Waals surface area contributed by atoms with E-state index in [0.717, 1.165) is 0 Å². The molecular formula is C28H25N. The molecule has 1 nitrogen and oxygen atoms in total. The lowest BCUT2D eigenvalue weighted by Gasteiger charge is -2.25. The van der Waals surface area contributed by atoms with Crippen LogP contribution in [-0.4, -0.2) is 7.05 Å². The molecule has 0 saturated heterocycles. The van der Waals surface area contributed by atoms with Crippen molar-refractivity contribution in [3.05, 3.63) is 108 Å². The van der Waals surface area contributed by atoms with Crippen molar-refractivity contribution in [3.63, 3.8) is 0 Å². The number of hydrogen-bond acceptors (Lipinski definition) is 1. The molecule has 1 aliphatic rings. The molecule has 4 aromatic rings. The summed E-state index contributed by atoms with van der Waals surface area (Å²) in [6, 6.07) is 34.9. The molecule has 0 saturated carbocycles. The van der Waals surface area contributed by atoms with Crippen LogP contribution < -0.4 is 4.90 Å². The Balaban J connectivity index is 1.58. The molecular weight excluding hydrogens is 350 g/mol. The Bertz CT molecular complexity index is 1170. The molecule has 142 valence electrons. The minimum absolute atomic E-state index is 0.0277. The third-order valence-electron chi connectivity index (χ3n) is 6.31. The summed E-state index contributed by atoms with van der Waals surface area (Å²) in [6.07, 6.45) is 0. The van der Waals surface area contributed by atoms with Crippen molar-refractivity contribution in [1.82, 2.24) is 0 Å². The molecule has 5 rings (SSSR count). The van der Waals surface area contributed by atoms with Crippen molar-refractivity contribution < 1.29 is 0 Å². The summed E-state index contributed by atoms with van der Waals surface area (Å²) in [6.45, 7) is 4.66. The maximum atomic E-state index is 2.33. The van der Waals surface area contributed by atoms with Crippen LogP contribution in [0.4, 0.5) is 11.4 Å². The molecule has 0 aliphatic heterocycles. The fraction of sp³-hybridized carbons (Fsp3) is 0.143. The molecule has 0 spiro atoms. The molecule has 0 amide bonds. The number of fused-ring (bicyclic) bond motifs is 3. The Kier molecular flexibility index (Phi) is 4.06. The molecule has 1 heteroatoms. The van der Waals surface area contributed by atoms with Crippen LogP contribution in [-0.2, 0) is 5.41 Å². The van der Waals surface area contributed by atoms with Crippen molar-refractivity contribution in [1.29, 1.82) is 0 Å². The van der Waals surface area contributed by atoms with E-state index in [1.54, 1.807) is 0 Å². The Labute approximate surface area is 173 Å². The van der Waals surface area contributed by atoms with Gasteiger partial charge in [0.2, 0.25) is 0 Å². The second-order valence-electron chi connectivity index (χ2n) is 8.34. The Morgan fingerprint density at radius 3 is 1.97 bits per heavy atom. The average Bonchev–Trinajstić information content (AvgIpc) is 3.02. The predicted molar refractivity (Wildman–Crippen MR) is 124 cm³/mol. The molecule has 1 aliphatic carbocycles. The Morgan fingerprint density at radius 1 is 0.586 bits per heavy atom. The summed E-state index contributed by atoms with van der Waals surface area (Å²) < 4.78 is 0. The maximum absolute atomic E-state index is 2.33. The van der Waals surface area contributed by atoms with Gasteiger partial charge in [0, 0.05) is 29.4 Å². The minimum atomic E-state index is 0.0277. The molecule has 0 bridgehead atoms. The van der Waals surface area contributed by atoms with Gasteiger partial charge in [0.15, 0.2) is 0 Å². The van der Waals surface area contributed by atoms with Crippen molar-refractivity contribution >= 4 is 11.4 Å². The van der Waals surface area contributed by atoms with E-state index < -0.39 is 0 Å². The van der Waals surface area contributed by atoms with Crippen LogP contribution in [0.25, 0.3) is 22.3 Å². The zero-order valence-electron chi connectivity index (χ0n) is 17.2. The van der Waals surface area contributed by atoms with E-state index >= 15 is 0 Å². The second-order valence-corrected chi connectivity index (χ2v) is 8.34. The zero-order valence-corrected chi connectivity index (χ0v) is 17.2. The van der Waals surface area contributed by atoms with Crippen LogP contribution in [0, 0.1) is 0 Å². The fourth-order valence-corrected chi connectivity index (χ4v) is 4.66. The fourth-order valence-electron chi connectivity index (χ4n) is 4.66. The molecule has 0 heterocycles. The standard InChI is InChI=1S/C28H25N/c1-28(2)24-13-8-7-12-23(24)27-25(28)14-9-15-26(27)29(3)22-18-16-21(17-19-22)20-10-5-4-6-11-20/h4-19H,1-3H3. The minimum Gasteiger partial charge on any atom is -0.344 e. The van der Waals surface area contributed by atoms with E-state index in [1.165, 1.54) is 44.8 Å². The van der Waals surface area contributed by atoms with E-state index in [0.29, 0.717) is 0 Å². The zero-order chi connectivity index (χ0) is 20.0. The lowest BCUT2D eigenvalue weighted by Crippen LogP contribution is -2.15. The van der Waals surface area contributed by atoms with Crippen LogP contribution >= 0.6 is 0 Å². The molecule has 0 fully saturated rings. The summed E-state index contributed by atoms with van der Waals surface area (Å²) in [7, 11) is 2.17. The number of benzene rings is 4. The largest absolute Gasteiger partial charge is 0.344 e. The molecule has 29 heavy (non-hydrogen) atoms. The summed E-state index contributed by atoms with van der Waals surface area (Å²) in [5.74, 6) is 0. The summed E-state index contributed by atoms with van der Waals surface area (Å²) in [4.78, 5) is 2.31. The van der Waals surface area contributed by atoms with E-state index in [4.69, 9.17) is 0 Å². The SMILES string of the molecule is CN(c1ccc(-c2ccccc2)cc1)c1cccc2c1-c1ccccc1C2(C)C. The first-order valence-electron chi connectivity index (χ1n) is 10.2. The normalized spacial score (nSPS) is 13.6. The van der Waals surface area contributed by atoms with Crippen LogP contribution in [0.15, 0.2) is 97.1 Å². The van der Waals surface area contributed by atoms with Crippen molar-refractivity contribution in [2.24, 2.45) is 0 Å².